The molecular weight excluding hydrogens is 470 g/mol. The standard InChI is InChI=1S/C20H22FN3.C10H10FNO/c1-4-18-20(24-8-6-5-7-9-24)11-15(13-23-18)16-12-19(22-3)17(21)10-14(16)2;1-10(2-3-10)8-4-7(6-13)5-9(11)12-8/h1,10-13,22H,5-9H2,2-3H3;4-6H,2-3H2,1H3. The van der Waals surface area contributed by atoms with Gasteiger partial charge in [0.2, 0.25) is 5.95 Å². The lowest BCUT2D eigenvalue weighted by molar-refractivity contribution is 0.112. The Hall–Kier alpha value is -3.79. The summed E-state index contributed by atoms with van der Waals surface area (Å²) in [5.41, 5.74) is 6.06. The Balaban J connectivity index is 0.000000207. The minimum atomic E-state index is -0.562. The molecular formula is C30H32F2N4O. The molecule has 1 aliphatic heterocycles. The molecule has 0 spiro atoms. The molecule has 3 aromatic rings. The zero-order valence-corrected chi connectivity index (χ0v) is 21.6. The number of hydrogen-bond acceptors (Lipinski definition) is 5. The summed E-state index contributed by atoms with van der Waals surface area (Å²) in [6.07, 6.45) is 13.7. The number of nitrogens with zero attached hydrogens (tertiary/aromatic N) is 3. The van der Waals surface area contributed by atoms with Crippen molar-refractivity contribution < 1.29 is 13.6 Å². The number of aryl methyl sites for hydroxylation is 1. The second-order valence-corrected chi connectivity index (χ2v) is 9.97. The molecule has 2 aromatic heterocycles. The Morgan fingerprint density at radius 2 is 1.84 bits per heavy atom. The van der Waals surface area contributed by atoms with Gasteiger partial charge < -0.3 is 10.2 Å². The average Bonchev–Trinajstić information content (AvgIpc) is 3.67. The molecule has 1 N–H and O–H groups in total. The number of carbonyl (C=O) groups excluding carboxylic acids is 1. The number of carbonyl (C=O) groups is 1. The first kappa shape index (κ1) is 26.3. The van der Waals surface area contributed by atoms with Gasteiger partial charge in [0.1, 0.15) is 17.8 Å². The van der Waals surface area contributed by atoms with Gasteiger partial charge >= 0.3 is 0 Å². The molecule has 0 radical (unpaired) electrons. The highest BCUT2D eigenvalue weighted by atomic mass is 19.1. The molecule has 37 heavy (non-hydrogen) atoms. The van der Waals surface area contributed by atoms with E-state index in [1.54, 1.807) is 25.4 Å². The maximum Gasteiger partial charge on any atom is 0.213 e. The summed E-state index contributed by atoms with van der Waals surface area (Å²) >= 11 is 0. The van der Waals surface area contributed by atoms with Crippen LogP contribution in [0.2, 0.25) is 0 Å². The third-order valence-corrected chi connectivity index (χ3v) is 7.17. The Morgan fingerprint density at radius 3 is 2.46 bits per heavy atom. The maximum atomic E-state index is 13.9. The van der Waals surface area contributed by atoms with Crippen molar-refractivity contribution in [1.82, 2.24) is 9.97 Å². The highest BCUT2D eigenvalue weighted by Gasteiger charge is 2.40. The van der Waals surface area contributed by atoms with E-state index >= 15 is 0 Å². The number of hydrogen-bond donors (Lipinski definition) is 1. The second-order valence-electron chi connectivity index (χ2n) is 9.97. The molecule has 5 rings (SSSR count). The number of pyridine rings is 2. The van der Waals surface area contributed by atoms with Crippen molar-refractivity contribution in [3.63, 3.8) is 0 Å². The van der Waals surface area contributed by atoms with Crippen LogP contribution in [0, 0.1) is 31.0 Å². The van der Waals surface area contributed by atoms with Crippen molar-refractivity contribution >= 4 is 17.7 Å². The predicted octanol–water partition coefficient (Wildman–Crippen LogP) is 6.29. The van der Waals surface area contributed by atoms with Gasteiger partial charge in [-0.05, 0) is 80.3 Å². The third-order valence-electron chi connectivity index (χ3n) is 7.17. The second kappa shape index (κ2) is 11.1. The predicted molar refractivity (Wildman–Crippen MR) is 144 cm³/mol. The van der Waals surface area contributed by atoms with Crippen molar-refractivity contribution in [3.8, 4) is 23.5 Å². The van der Waals surface area contributed by atoms with Gasteiger partial charge in [0.05, 0.1) is 17.1 Å². The van der Waals surface area contributed by atoms with Gasteiger partial charge in [0.25, 0.3) is 0 Å². The summed E-state index contributed by atoms with van der Waals surface area (Å²) in [7, 11) is 1.72. The zero-order chi connectivity index (χ0) is 26.6. The number of benzene rings is 1. The number of terminal acetylenes is 1. The number of rotatable bonds is 5. The molecule has 0 amide bonds. The largest absolute Gasteiger partial charge is 0.386 e. The number of nitrogens with one attached hydrogen (secondary N) is 1. The molecule has 1 aromatic carbocycles. The number of anilines is 2. The fourth-order valence-corrected chi connectivity index (χ4v) is 4.60. The number of aromatic nitrogens is 2. The Labute approximate surface area is 217 Å². The normalized spacial score (nSPS) is 15.7. The quantitative estimate of drug-likeness (QED) is 0.252. The molecule has 5 nitrogen and oxygen atoms in total. The van der Waals surface area contributed by atoms with Crippen LogP contribution in [0.1, 0.15) is 66.3 Å². The van der Waals surface area contributed by atoms with E-state index in [2.05, 4.69) is 32.2 Å². The molecule has 2 aliphatic rings. The van der Waals surface area contributed by atoms with Crippen LogP contribution < -0.4 is 10.2 Å². The Bertz CT molecular complexity index is 1340. The van der Waals surface area contributed by atoms with Crippen LogP contribution in [0.4, 0.5) is 20.2 Å². The first-order chi connectivity index (χ1) is 17.8. The van der Waals surface area contributed by atoms with E-state index in [-0.39, 0.29) is 11.2 Å². The van der Waals surface area contributed by atoms with E-state index in [1.165, 1.54) is 19.3 Å². The highest BCUT2D eigenvalue weighted by Crippen LogP contribution is 2.46. The van der Waals surface area contributed by atoms with E-state index in [0.717, 1.165) is 54.4 Å². The van der Waals surface area contributed by atoms with Crippen LogP contribution in [-0.4, -0.2) is 36.4 Å². The van der Waals surface area contributed by atoms with Crippen LogP contribution in [0.5, 0.6) is 0 Å². The smallest absolute Gasteiger partial charge is 0.213 e. The zero-order valence-electron chi connectivity index (χ0n) is 21.6. The van der Waals surface area contributed by atoms with Crippen LogP contribution in [0.15, 0.2) is 36.5 Å². The maximum absolute atomic E-state index is 13.9. The van der Waals surface area contributed by atoms with Gasteiger partial charge in [0.15, 0.2) is 0 Å². The average molecular weight is 503 g/mol. The minimum Gasteiger partial charge on any atom is -0.386 e. The fraction of sp³-hybridized carbons (Fsp3) is 0.367. The van der Waals surface area contributed by atoms with Crippen molar-refractivity contribution in [3.05, 3.63) is 70.8 Å². The van der Waals surface area contributed by atoms with Crippen LogP contribution >= 0.6 is 0 Å². The monoisotopic (exact) mass is 502 g/mol. The number of piperidine rings is 1. The molecule has 3 heterocycles. The topological polar surface area (TPSA) is 58.1 Å². The van der Waals surface area contributed by atoms with Crippen LogP contribution in [0.25, 0.3) is 11.1 Å². The molecule has 1 aliphatic carbocycles. The van der Waals surface area contributed by atoms with Crippen molar-refractivity contribution in [1.29, 1.82) is 0 Å². The summed E-state index contributed by atoms with van der Waals surface area (Å²) < 4.78 is 26.8. The Kier molecular flexibility index (Phi) is 7.87. The van der Waals surface area contributed by atoms with Crippen molar-refractivity contribution in [2.24, 2.45) is 0 Å². The molecule has 0 unspecified atom stereocenters. The van der Waals surface area contributed by atoms with Crippen LogP contribution in [0.3, 0.4) is 0 Å². The third kappa shape index (κ3) is 5.96. The Morgan fingerprint density at radius 1 is 1.11 bits per heavy atom. The van der Waals surface area contributed by atoms with Gasteiger partial charge in [-0.2, -0.15) is 4.39 Å². The van der Waals surface area contributed by atoms with Crippen molar-refractivity contribution in [2.45, 2.75) is 51.4 Å². The first-order valence-corrected chi connectivity index (χ1v) is 12.6. The van der Waals surface area contributed by atoms with E-state index in [1.807, 2.05) is 19.9 Å². The van der Waals surface area contributed by atoms with Gasteiger partial charge in [-0.3, -0.25) is 4.79 Å². The molecule has 1 saturated heterocycles. The lowest BCUT2D eigenvalue weighted by Crippen LogP contribution is -2.30. The molecule has 0 bridgehead atoms. The summed E-state index contributed by atoms with van der Waals surface area (Å²) in [5.74, 6) is 1.88. The van der Waals surface area contributed by atoms with E-state index in [0.29, 0.717) is 28.9 Å². The lowest BCUT2D eigenvalue weighted by atomic mass is 9.99. The SMILES string of the molecule is C#Cc1ncc(-c2cc(NC)c(F)cc2C)cc1N1CCCCC1.CC1(c2cc(C=O)cc(F)n2)CC1. The highest BCUT2D eigenvalue weighted by molar-refractivity contribution is 5.76. The van der Waals surface area contributed by atoms with E-state index in [9.17, 15) is 13.6 Å². The van der Waals surface area contributed by atoms with Gasteiger partial charge in [-0.25, -0.2) is 14.4 Å². The molecule has 7 heteroatoms. The van der Waals surface area contributed by atoms with Gasteiger partial charge in [-0.1, -0.05) is 6.92 Å². The summed E-state index contributed by atoms with van der Waals surface area (Å²) in [4.78, 5) is 21.0. The summed E-state index contributed by atoms with van der Waals surface area (Å²) in [5, 5.41) is 2.89. The lowest BCUT2D eigenvalue weighted by Gasteiger charge is -2.29. The summed E-state index contributed by atoms with van der Waals surface area (Å²) in [6, 6.07) is 8.30. The fourth-order valence-electron chi connectivity index (χ4n) is 4.60. The first-order valence-electron chi connectivity index (χ1n) is 12.6. The molecule has 192 valence electrons. The minimum absolute atomic E-state index is 0.0137. The molecule has 1 saturated carbocycles. The van der Waals surface area contributed by atoms with E-state index in [4.69, 9.17) is 6.42 Å². The molecule has 2 fully saturated rings. The number of aldehydes is 1. The van der Waals surface area contributed by atoms with E-state index < -0.39 is 5.95 Å². The van der Waals surface area contributed by atoms with Crippen molar-refractivity contribution in [2.75, 3.05) is 30.4 Å². The van der Waals surface area contributed by atoms with Gasteiger partial charge in [-0.15, -0.1) is 6.42 Å². The van der Waals surface area contributed by atoms with Crippen LogP contribution in [-0.2, 0) is 5.41 Å². The number of halogens is 2. The van der Waals surface area contributed by atoms with Gasteiger partial charge in [0, 0.05) is 48.9 Å². The summed E-state index contributed by atoms with van der Waals surface area (Å²) in [6.45, 7) is 5.95. The molecule has 0 atom stereocenters.